The topological polar surface area (TPSA) is 258 Å². The summed E-state index contributed by atoms with van der Waals surface area (Å²) in [5.74, 6) is -3.80. The number of esters is 1. The fourth-order valence-electron chi connectivity index (χ4n) is 11.9. The fourth-order valence-corrected chi connectivity index (χ4v) is 13.4. The van der Waals surface area contributed by atoms with Crippen LogP contribution in [-0.4, -0.2) is 116 Å². The van der Waals surface area contributed by atoms with E-state index in [1.807, 2.05) is 140 Å². The van der Waals surface area contributed by atoms with Crippen molar-refractivity contribution in [3.8, 4) is 16.9 Å². The Balaban J connectivity index is 0.887. The van der Waals surface area contributed by atoms with Gasteiger partial charge in [-0.1, -0.05) is 219 Å². The Morgan fingerprint density at radius 1 is 0.460 bits per heavy atom. The molecule has 5 atom stereocenters. The number of hydrogen-bond acceptors (Lipinski definition) is 13. The number of hydrogen-bond donors (Lipinski definition) is 7. The molecule has 1 aliphatic carbocycles. The Morgan fingerprint density at radius 2 is 0.930 bits per heavy atom. The predicted octanol–water partition coefficient (Wildman–Crippen LogP) is 11.0. The highest BCUT2D eigenvalue weighted by Crippen LogP contribution is 2.49. The summed E-state index contributed by atoms with van der Waals surface area (Å²) in [4.78, 5) is 114. The molecular formula is C80H87N7O12S. The molecule has 7 amide bonds. The third-order valence-electron chi connectivity index (χ3n) is 16.8. The van der Waals surface area contributed by atoms with Crippen molar-refractivity contribution in [3.05, 3.63) is 269 Å². The quantitative estimate of drug-likeness (QED) is 0.00875. The van der Waals surface area contributed by atoms with E-state index in [-0.39, 0.29) is 63.5 Å². The second-order valence-electron chi connectivity index (χ2n) is 25.2. The van der Waals surface area contributed by atoms with Crippen LogP contribution in [0.25, 0.3) is 11.1 Å². The number of thioether (sulfide) groups is 1. The van der Waals surface area contributed by atoms with Crippen LogP contribution in [0.15, 0.2) is 224 Å². The van der Waals surface area contributed by atoms with E-state index >= 15 is 0 Å². The van der Waals surface area contributed by atoms with Gasteiger partial charge in [-0.05, 0) is 108 Å². The molecule has 0 fully saturated rings. The second kappa shape index (κ2) is 36.2. The minimum Gasteiger partial charge on any atom is -0.494 e. The number of carbonyl (C=O) groups is 8. The molecule has 8 aromatic rings. The Labute approximate surface area is 588 Å². The van der Waals surface area contributed by atoms with Gasteiger partial charge in [-0.25, -0.2) is 14.4 Å². The van der Waals surface area contributed by atoms with Gasteiger partial charge in [0, 0.05) is 44.0 Å². The van der Waals surface area contributed by atoms with Crippen LogP contribution < -0.4 is 42.0 Å². The number of benzene rings is 8. The molecule has 20 heteroatoms. The predicted molar refractivity (Wildman–Crippen MR) is 386 cm³/mol. The van der Waals surface area contributed by atoms with Crippen molar-refractivity contribution >= 4 is 59.5 Å². The molecule has 0 aliphatic heterocycles. The van der Waals surface area contributed by atoms with E-state index in [0.29, 0.717) is 23.5 Å². The highest BCUT2D eigenvalue weighted by molar-refractivity contribution is 8.00. The van der Waals surface area contributed by atoms with Crippen molar-refractivity contribution < 1.29 is 57.3 Å². The van der Waals surface area contributed by atoms with Gasteiger partial charge in [-0.2, -0.15) is 0 Å². The molecule has 0 saturated heterocycles. The zero-order valence-corrected chi connectivity index (χ0v) is 57.7. The molecule has 100 heavy (non-hydrogen) atoms. The third-order valence-corrected chi connectivity index (χ3v) is 18.4. The minimum atomic E-state index is -1.58. The largest absolute Gasteiger partial charge is 0.494 e. The van der Waals surface area contributed by atoms with Crippen LogP contribution in [0.4, 0.5) is 9.59 Å². The van der Waals surface area contributed by atoms with Crippen LogP contribution in [0.3, 0.4) is 0 Å². The Kier molecular flexibility index (Phi) is 26.6. The Morgan fingerprint density at radius 3 is 1.45 bits per heavy atom. The first-order valence-electron chi connectivity index (χ1n) is 33.7. The molecule has 0 heterocycles. The fraction of sp³-hybridized carbons (Fsp3) is 0.300. The molecule has 7 N–H and O–H groups in total. The monoisotopic (exact) mass is 1370 g/mol. The van der Waals surface area contributed by atoms with Gasteiger partial charge in [0.1, 0.15) is 54.8 Å². The van der Waals surface area contributed by atoms with Crippen LogP contribution in [0.1, 0.15) is 104 Å². The number of amides is 7. The summed E-state index contributed by atoms with van der Waals surface area (Å²) in [5.41, 5.74) is 8.14. The average molecular weight is 1370 g/mol. The van der Waals surface area contributed by atoms with Gasteiger partial charge < -0.3 is 56.2 Å². The van der Waals surface area contributed by atoms with Gasteiger partial charge in [-0.3, -0.25) is 24.0 Å². The van der Waals surface area contributed by atoms with Crippen molar-refractivity contribution in [1.29, 1.82) is 0 Å². The van der Waals surface area contributed by atoms with Gasteiger partial charge in [0.15, 0.2) is 0 Å². The maximum Gasteiger partial charge on any atom is 0.408 e. The van der Waals surface area contributed by atoms with Gasteiger partial charge in [0.05, 0.1) is 11.4 Å². The summed E-state index contributed by atoms with van der Waals surface area (Å²) in [5, 5.41) is 19.4. The van der Waals surface area contributed by atoms with Crippen molar-refractivity contribution in [3.63, 3.8) is 0 Å². The summed E-state index contributed by atoms with van der Waals surface area (Å²) >= 11 is 1.43. The highest BCUT2D eigenvalue weighted by Gasteiger charge is 2.40. The van der Waals surface area contributed by atoms with Gasteiger partial charge >= 0.3 is 18.2 Å². The molecule has 0 aromatic heterocycles. The first kappa shape index (κ1) is 73.5. The number of ether oxygens (including phenoxy) is 4. The molecule has 1 aliphatic rings. The Hall–Kier alpha value is -10.7. The first-order valence-corrected chi connectivity index (χ1v) is 34.7. The molecule has 0 bridgehead atoms. The lowest BCUT2D eigenvalue weighted by Crippen LogP contribution is -2.60. The number of alkyl carbamates (subject to hydrolysis) is 2. The molecule has 0 unspecified atom stereocenters. The van der Waals surface area contributed by atoms with E-state index in [2.05, 4.69) is 49.4 Å². The average Bonchev–Trinajstić information content (AvgIpc) is 0.973. The van der Waals surface area contributed by atoms with E-state index in [4.69, 9.17) is 18.9 Å². The SMILES string of the molecule is CCOc1ccc(COC(=O)[C@H](CSC(c2ccccc2)(c2ccccc2)c2ccccc2)NC(=O)[C@H](CC)NC(=O)[C@H](CNC(=O)[C@H](Cc2ccccc2)NC(=O)[C@H](Cc2ccccc2)NC(=O)CCCNC(=O)OCC2c3ccccc3-c3ccccc32)NC(=O)OC(C)(C)C)cc1. The van der Waals surface area contributed by atoms with Gasteiger partial charge in [0.2, 0.25) is 29.5 Å². The van der Waals surface area contributed by atoms with Gasteiger partial charge in [-0.15, -0.1) is 11.8 Å². The Bertz CT molecular complexity index is 3870. The van der Waals surface area contributed by atoms with Crippen molar-refractivity contribution in [1.82, 2.24) is 37.2 Å². The highest BCUT2D eigenvalue weighted by atomic mass is 32.2. The first-order chi connectivity index (χ1) is 48.4. The number of rotatable bonds is 33. The molecule has 0 radical (unpaired) electrons. The van der Waals surface area contributed by atoms with E-state index in [1.165, 1.54) is 11.8 Å². The van der Waals surface area contributed by atoms with Crippen LogP contribution in [0, 0.1) is 0 Å². The van der Waals surface area contributed by atoms with Gasteiger partial charge in [0.25, 0.3) is 0 Å². The number of carbonyl (C=O) groups excluding carboxylic acids is 8. The van der Waals surface area contributed by atoms with Crippen LogP contribution >= 0.6 is 11.8 Å². The maximum absolute atomic E-state index is 14.8. The van der Waals surface area contributed by atoms with Crippen molar-refractivity contribution in [2.75, 3.05) is 32.1 Å². The van der Waals surface area contributed by atoms with Crippen LogP contribution in [-0.2, 0) is 67.2 Å². The van der Waals surface area contributed by atoms with E-state index in [9.17, 15) is 38.4 Å². The standard InChI is InChI=1S/C80H87N7O12S/c1-6-66(73(90)86-70(76(93)97-51-56-43-45-60(46-44-56)96-7-2)53-100-80(57-32-17-10-18-33-57,58-34-19-11-20-35-58)59-36-21-12-22-37-59)84-75(92)69(87-78(95)99-79(3,4)5)50-82-72(89)67(48-54-28-13-8-14-29-54)85-74(91)68(49-55-30-15-9-16-31-55)83-71(88)42-27-47-81-77(94)98-52-65-63-40-25-23-38-61(63)62-39-24-26-41-64(62)65/h8-26,28-41,43-46,65-70H,6-7,27,42,47-53H2,1-5H3,(H,81,94)(H,82,89)(H,83,88)(H,84,92)(H,85,91)(H,86,90)(H,87,95)/t66-,67-,68-,69-,70-/m0/s1. The maximum atomic E-state index is 14.8. The second-order valence-corrected chi connectivity index (χ2v) is 26.4. The minimum absolute atomic E-state index is 0.0101. The van der Waals surface area contributed by atoms with E-state index in [0.717, 1.165) is 44.5 Å². The third kappa shape index (κ3) is 20.7. The summed E-state index contributed by atoms with van der Waals surface area (Å²) in [6, 6.07) is 64.0. The molecule has 0 spiro atoms. The molecule has 19 nitrogen and oxygen atoms in total. The lowest BCUT2D eigenvalue weighted by atomic mass is 9.84. The van der Waals surface area contributed by atoms with Crippen molar-refractivity contribution in [2.24, 2.45) is 0 Å². The normalized spacial score (nSPS) is 13.2. The zero-order valence-electron chi connectivity index (χ0n) is 56.9. The smallest absolute Gasteiger partial charge is 0.408 e. The molecule has 8 aromatic carbocycles. The lowest BCUT2D eigenvalue weighted by Gasteiger charge is -2.36. The summed E-state index contributed by atoms with van der Waals surface area (Å²) < 4.78 is 22.0. The zero-order chi connectivity index (χ0) is 70.9. The van der Waals surface area contributed by atoms with Crippen LogP contribution in [0.5, 0.6) is 5.75 Å². The van der Waals surface area contributed by atoms with E-state index < -0.39 is 94.8 Å². The van der Waals surface area contributed by atoms with Crippen molar-refractivity contribution in [2.45, 2.75) is 120 Å². The molecule has 520 valence electrons. The summed E-state index contributed by atoms with van der Waals surface area (Å²) in [6.07, 6.45) is -1.47. The van der Waals surface area contributed by atoms with Crippen LogP contribution in [0.2, 0.25) is 0 Å². The molecular weight excluding hydrogens is 1280 g/mol. The summed E-state index contributed by atoms with van der Waals surface area (Å²) in [7, 11) is 0. The summed E-state index contributed by atoms with van der Waals surface area (Å²) in [6.45, 7) is 8.47. The number of fused-ring (bicyclic) bond motifs is 3. The molecule has 0 saturated carbocycles. The van der Waals surface area contributed by atoms with E-state index in [1.54, 1.807) is 107 Å². The number of nitrogens with one attached hydrogen (secondary N) is 7. The lowest BCUT2D eigenvalue weighted by molar-refractivity contribution is -0.148. The molecule has 9 rings (SSSR count).